The van der Waals surface area contributed by atoms with E-state index in [1.54, 1.807) is 12.1 Å². The van der Waals surface area contributed by atoms with E-state index in [1.165, 1.54) is 12.1 Å². The first kappa shape index (κ1) is 13.0. The first-order chi connectivity index (χ1) is 8.56. The Bertz CT molecular complexity index is 474. The smallest absolute Gasteiger partial charge is 0.224 e. The average molecular weight is 266 g/mol. The third-order valence-corrected chi connectivity index (χ3v) is 3.22. The number of nitrogens with one attached hydrogen (secondary N) is 1. The molecular formula is C13H15FN2OS. The molecule has 1 aromatic carbocycles. The maximum Gasteiger partial charge on any atom is 0.224 e. The molecule has 1 unspecified atom stereocenters. The molecule has 2 rings (SSSR count). The summed E-state index contributed by atoms with van der Waals surface area (Å²) in [6, 6.07) is 5.79. The first-order valence-electron chi connectivity index (χ1n) is 5.89. The Morgan fingerprint density at radius 1 is 1.56 bits per heavy atom. The summed E-state index contributed by atoms with van der Waals surface area (Å²) in [5.41, 5.74) is 6.24. The average Bonchev–Trinajstić information content (AvgIpc) is 3.09. The molecule has 1 atom stereocenters. The predicted octanol–water partition coefficient (Wildman–Crippen LogP) is 1.55. The van der Waals surface area contributed by atoms with Crippen molar-refractivity contribution < 1.29 is 9.18 Å². The van der Waals surface area contributed by atoms with Gasteiger partial charge >= 0.3 is 0 Å². The normalized spacial score (nSPS) is 16.1. The molecule has 0 heterocycles. The van der Waals surface area contributed by atoms with Gasteiger partial charge in [0.2, 0.25) is 5.91 Å². The van der Waals surface area contributed by atoms with Crippen LogP contribution in [0.1, 0.15) is 18.4 Å². The molecule has 3 nitrogen and oxygen atoms in total. The Hall–Kier alpha value is -1.49. The minimum Gasteiger partial charge on any atom is -0.392 e. The van der Waals surface area contributed by atoms with E-state index in [1.807, 2.05) is 0 Å². The summed E-state index contributed by atoms with van der Waals surface area (Å²) in [5.74, 6) is -0.141. The van der Waals surface area contributed by atoms with Crippen molar-refractivity contribution in [2.24, 2.45) is 11.7 Å². The molecular weight excluding hydrogens is 251 g/mol. The summed E-state index contributed by atoms with van der Waals surface area (Å²) in [6.07, 6.45) is 2.23. The molecule has 0 saturated heterocycles. The van der Waals surface area contributed by atoms with Gasteiger partial charge in [0.05, 0.1) is 17.5 Å². The highest BCUT2D eigenvalue weighted by molar-refractivity contribution is 7.80. The van der Waals surface area contributed by atoms with Crippen LogP contribution >= 0.6 is 12.2 Å². The second kappa shape index (κ2) is 5.44. The Morgan fingerprint density at radius 2 is 2.28 bits per heavy atom. The van der Waals surface area contributed by atoms with Crippen LogP contribution in [0, 0.1) is 11.7 Å². The molecule has 0 aromatic heterocycles. The van der Waals surface area contributed by atoms with E-state index >= 15 is 0 Å². The van der Waals surface area contributed by atoms with Gasteiger partial charge in [-0.1, -0.05) is 24.4 Å². The molecule has 0 bridgehead atoms. The van der Waals surface area contributed by atoms with E-state index in [4.69, 9.17) is 18.0 Å². The topological polar surface area (TPSA) is 55.1 Å². The molecule has 3 N–H and O–H groups in total. The number of hydrogen-bond acceptors (Lipinski definition) is 2. The fourth-order valence-electron chi connectivity index (χ4n) is 1.91. The van der Waals surface area contributed by atoms with E-state index in [0.717, 1.165) is 12.8 Å². The Labute approximate surface area is 111 Å². The number of thiocarbonyl (C=S) groups is 1. The van der Waals surface area contributed by atoms with Gasteiger partial charge in [0, 0.05) is 0 Å². The molecule has 1 aliphatic rings. The highest BCUT2D eigenvalue weighted by atomic mass is 32.1. The molecule has 5 heteroatoms. The van der Waals surface area contributed by atoms with E-state index < -0.39 is 0 Å². The number of nitrogens with two attached hydrogens (primary N) is 1. The quantitative estimate of drug-likeness (QED) is 0.795. The number of hydrogen-bond donors (Lipinski definition) is 2. The van der Waals surface area contributed by atoms with Crippen molar-refractivity contribution in [1.29, 1.82) is 0 Å². The Kier molecular flexibility index (Phi) is 3.91. The summed E-state index contributed by atoms with van der Waals surface area (Å²) in [6.45, 7) is 0. The van der Waals surface area contributed by atoms with Crippen LogP contribution < -0.4 is 11.1 Å². The molecule has 0 aliphatic heterocycles. The second-order valence-corrected chi connectivity index (χ2v) is 5.06. The summed E-state index contributed by atoms with van der Waals surface area (Å²) in [7, 11) is 0. The zero-order valence-corrected chi connectivity index (χ0v) is 10.7. The number of amides is 1. The number of halogens is 1. The van der Waals surface area contributed by atoms with Gasteiger partial charge in [-0.3, -0.25) is 4.79 Å². The van der Waals surface area contributed by atoms with E-state index in [0.29, 0.717) is 16.5 Å². The second-order valence-electron chi connectivity index (χ2n) is 4.59. The van der Waals surface area contributed by atoms with Crippen molar-refractivity contribution in [1.82, 2.24) is 5.32 Å². The fourth-order valence-corrected chi connectivity index (χ4v) is 2.16. The van der Waals surface area contributed by atoms with Crippen LogP contribution in [0.5, 0.6) is 0 Å². The van der Waals surface area contributed by atoms with E-state index in [9.17, 15) is 9.18 Å². The molecule has 0 spiro atoms. The summed E-state index contributed by atoms with van der Waals surface area (Å²) < 4.78 is 13.0. The van der Waals surface area contributed by atoms with Crippen LogP contribution in [0.15, 0.2) is 24.3 Å². The summed E-state index contributed by atoms with van der Waals surface area (Å²) in [5, 5.41) is 2.82. The zero-order valence-electron chi connectivity index (χ0n) is 9.86. The van der Waals surface area contributed by atoms with Crippen LogP contribution in [0.2, 0.25) is 0 Å². The monoisotopic (exact) mass is 266 g/mol. The van der Waals surface area contributed by atoms with Crippen LogP contribution in [-0.2, 0) is 11.2 Å². The highest BCUT2D eigenvalue weighted by Crippen LogP contribution is 2.32. The van der Waals surface area contributed by atoms with Crippen LogP contribution in [0.25, 0.3) is 0 Å². The van der Waals surface area contributed by atoms with Crippen molar-refractivity contribution in [3.63, 3.8) is 0 Å². The Morgan fingerprint density at radius 3 is 2.83 bits per heavy atom. The predicted molar refractivity (Wildman–Crippen MR) is 71.5 cm³/mol. The van der Waals surface area contributed by atoms with Crippen LogP contribution in [0.3, 0.4) is 0 Å². The number of benzene rings is 1. The third-order valence-electron chi connectivity index (χ3n) is 2.97. The van der Waals surface area contributed by atoms with Gasteiger partial charge in [-0.05, 0) is 36.5 Å². The summed E-state index contributed by atoms with van der Waals surface area (Å²) in [4.78, 5) is 12.1. The lowest BCUT2D eigenvalue weighted by Crippen LogP contribution is -2.45. The lowest BCUT2D eigenvalue weighted by molar-refractivity contribution is -0.120. The lowest BCUT2D eigenvalue weighted by Gasteiger charge is -2.16. The van der Waals surface area contributed by atoms with E-state index in [2.05, 4.69) is 5.32 Å². The number of rotatable bonds is 5. The van der Waals surface area contributed by atoms with Gasteiger partial charge < -0.3 is 11.1 Å². The summed E-state index contributed by atoms with van der Waals surface area (Å²) >= 11 is 4.94. The van der Waals surface area contributed by atoms with Crippen molar-refractivity contribution in [2.75, 3.05) is 0 Å². The first-order valence-corrected chi connectivity index (χ1v) is 6.30. The van der Waals surface area contributed by atoms with Gasteiger partial charge in [-0.25, -0.2) is 4.39 Å². The number of carbonyl (C=O) groups excluding carboxylic acids is 1. The van der Waals surface area contributed by atoms with Crippen LogP contribution in [-0.4, -0.2) is 16.9 Å². The molecule has 1 aliphatic carbocycles. The van der Waals surface area contributed by atoms with Gasteiger partial charge in [0.1, 0.15) is 5.82 Å². The minimum atomic E-state index is -0.339. The minimum absolute atomic E-state index is 0.142. The molecule has 1 amide bonds. The lowest BCUT2D eigenvalue weighted by atomic mass is 10.1. The Balaban J connectivity index is 1.93. The molecule has 1 saturated carbocycles. The van der Waals surface area contributed by atoms with Gasteiger partial charge in [-0.15, -0.1) is 0 Å². The molecule has 96 valence electrons. The van der Waals surface area contributed by atoms with Crippen molar-refractivity contribution in [2.45, 2.75) is 25.3 Å². The van der Waals surface area contributed by atoms with Gasteiger partial charge in [0.25, 0.3) is 0 Å². The zero-order chi connectivity index (χ0) is 13.1. The van der Waals surface area contributed by atoms with Crippen molar-refractivity contribution in [3.8, 4) is 0 Å². The maximum absolute atomic E-state index is 13.0. The largest absolute Gasteiger partial charge is 0.392 e. The van der Waals surface area contributed by atoms with Crippen LogP contribution in [0.4, 0.5) is 4.39 Å². The highest BCUT2D eigenvalue weighted by Gasteiger charge is 2.33. The molecule has 0 radical (unpaired) electrons. The fraction of sp³-hybridized carbons (Fsp3) is 0.385. The van der Waals surface area contributed by atoms with Crippen molar-refractivity contribution >= 4 is 23.1 Å². The van der Waals surface area contributed by atoms with Gasteiger partial charge in [-0.2, -0.15) is 0 Å². The maximum atomic E-state index is 13.0. The number of carbonyl (C=O) groups is 1. The molecule has 18 heavy (non-hydrogen) atoms. The SMILES string of the molecule is NC(=S)C(NC(=O)Cc1cccc(F)c1)C1CC1. The van der Waals surface area contributed by atoms with Gasteiger partial charge in [0.15, 0.2) is 0 Å². The molecule has 1 aromatic rings. The standard InChI is InChI=1S/C13H15FN2OS/c14-10-3-1-2-8(6-10)7-11(17)16-12(13(15)18)9-4-5-9/h1-3,6,9,12H,4-5,7H2,(H2,15,18)(H,16,17). The van der Waals surface area contributed by atoms with Crippen molar-refractivity contribution in [3.05, 3.63) is 35.6 Å². The third kappa shape index (κ3) is 3.50. The molecule has 1 fully saturated rings. The van der Waals surface area contributed by atoms with E-state index in [-0.39, 0.29) is 24.2 Å².